The van der Waals surface area contributed by atoms with Crippen LogP contribution in [-0.4, -0.2) is 74.9 Å². The molecule has 73 heavy (non-hydrogen) atoms. The fraction of sp³-hybridized carbons (Fsp3) is 0.905. The number of unbranched alkanes of at least 4 members (excludes halogenated alkanes) is 41. The van der Waals surface area contributed by atoms with Crippen LogP contribution in [0, 0.1) is 0 Å². The fourth-order valence-corrected chi connectivity index (χ4v) is 10.1. The Morgan fingerprint density at radius 1 is 0.425 bits per heavy atom. The Balaban J connectivity index is 3.98. The Bertz CT molecular complexity index is 1280. The van der Waals surface area contributed by atoms with Gasteiger partial charge in [0.2, 0.25) is 0 Å². The van der Waals surface area contributed by atoms with E-state index in [9.17, 15) is 19.0 Å². The molecular weight excluding hydrogens is 930 g/mol. The minimum atomic E-state index is -4.38. The molecule has 0 aliphatic carbocycles. The smallest absolute Gasteiger partial charge is 0.462 e. The van der Waals surface area contributed by atoms with Crippen LogP contribution in [0.5, 0.6) is 0 Å². The van der Waals surface area contributed by atoms with Gasteiger partial charge in [0.25, 0.3) is 0 Å². The van der Waals surface area contributed by atoms with E-state index in [1.165, 1.54) is 231 Å². The average Bonchev–Trinajstić information content (AvgIpc) is 3.35. The van der Waals surface area contributed by atoms with Gasteiger partial charge in [-0.15, -0.1) is 0 Å². The summed E-state index contributed by atoms with van der Waals surface area (Å²) in [5, 5.41) is 0. The third-order valence-electron chi connectivity index (χ3n) is 14.2. The number of quaternary nitrogens is 1. The maximum Gasteiger partial charge on any atom is 0.472 e. The van der Waals surface area contributed by atoms with Gasteiger partial charge in [0.15, 0.2) is 6.10 Å². The highest BCUT2D eigenvalue weighted by molar-refractivity contribution is 7.47. The second-order valence-corrected chi connectivity index (χ2v) is 24.3. The van der Waals surface area contributed by atoms with Gasteiger partial charge in [-0.2, -0.15) is 0 Å². The van der Waals surface area contributed by atoms with Crippen LogP contribution in [0.25, 0.3) is 0 Å². The Morgan fingerprint density at radius 2 is 0.740 bits per heavy atom. The van der Waals surface area contributed by atoms with Crippen LogP contribution in [0.3, 0.4) is 0 Å². The minimum absolute atomic E-state index is 0.0324. The number of hydrogen-bond acceptors (Lipinski definition) is 7. The monoisotopic (exact) mass is 1050 g/mol. The van der Waals surface area contributed by atoms with Crippen LogP contribution in [-0.2, 0) is 32.7 Å². The minimum Gasteiger partial charge on any atom is -0.462 e. The molecule has 0 aliphatic heterocycles. The number of nitrogens with zero attached hydrogens (tertiary/aromatic N) is 1. The lowest BCUT2D eigenvalue weighted by molar-refractivity contribution is -0.870. The first-order valence-electron chi connectivity index (χ1n) is 31.6. The maximum atomic E-state index is 12.8. The molecule has 432 valence electrons. The molecule has 0 saturated carbocycles. The Labute approximate surface area is 453 Å². The number of carbonyl (C=O) groups excluding carboxylic acids is 2. The number of hydrogen-bond donors (Lipinski definition) is 1. The quantitative estimate of drug-likeness (QED) is 0.0211. The molecule has 0 aromatic carbocycles. The molecule has 0 radical (unpaired) electrons. The molecule has 0 aromatic rings. The van der Waals surface area contributed by atoms with Gasteiger partial charge in [0.1, 0.15) is 19.8 Å². The Morgan fingerprint density at radius 3 is 1.11 bits per heavy atom. The van der Waals surface area contributed by atoms with Gasteiger partial charge in [-0.25, -0.2) is 4.57 Å². The lowest BCUT2D eigenvalue weighted by atomic mass is 10.0. The number of phosphoric ester groups is 1. The molecule has 10 heteroatoms. The normalized spacial score (nSPS) is 13.3. The number of rotatable bonds is 59. The molecule has 0 saturated heterocycles. The summed E-state index contributed by atoms with van der Waals surface area (Å²) < 4.78 is 34.6. The summed E-state index contributed by atoms with van der Waals surface area (Å²) in [6.45, 7) is 4.45. The first kappa shape index (κ1) is 71.5. The highest BCUT2D eigenvalue weighted by Crippen LogP contribution is 2.43. The molecule has 0 aromatic heterocycles. The zero-order chi connectivity index (χ0) is 53.5. The first-order chi connectivity index (χ1) is 35.5. The summed E-state index contributed by atoms with van der Waals surface area (Å²) in [6, 6.07) is 0. The molecule has 2 unspecified atom stereocenters. The molecule has 0 fully saturated rings. The predicted octanol–water partition coefficient (Wildman–Crippen LogP) is 19.8. The van der Waals surface area contributed by atoms with Gasteiger partial charge in [0, 0.05) is 12.8 Å². The lowest BCUT2D eigenvalue weighted by Crippen LogP contribution is -2.37. The maximum absolute atomic E-state index is 12.8. The molecule has 0 bridgehead atoms. The van der Waals surface area contributed by atoms with Crippen molar-refractivity contribution in [2.24, 2.45) is 0 Å². The Hall–Kier alpha value is -1.51. The first-order valence-corrected chi connectivity index (χ1v) is 33.1. The lowest BCUT2D eigenvalue weighted by Gasteiger charge is -2.24. The van der Waals surface area contributed by atoms with Crippen LogP contribution >= 0.6 is 7.82 Å². The number of carbonyl (C=O) groups is 2. The molecule has 2 atom stereocenters. The van der Waals surface area contributed by atoms with Gasteiger partial charge in [-0.1, -0.05) is 282 Å². The standard InChI is InChI=1S/C63H122NO8P/c1-6-8-10-12-14-16-18-20-22-24-25-26-27-28-29-30-31-32-33-34-35-36-37-38-40-41-43-45-47-49-51-53-55-62(65)69-59-61(60-71-73(67,68)70-58-57-64(3,4)5)72-63(66)56-54-52-50-48-46-44-42-39-23-21-19-17-15-13-11-9-7-2/h15,17,21,23,61H,6-14,16,18-20,22,24-60H2,1-5H3/p+1/b17-15-,23-21-. The van der Waals surface area contributed by atoms with Gasteiger partial charge in [0.05, 0.1) is 27.7 Å². The number of allylic oxidation sites excluding steroid dienone is 4. The van der Waals surface area contributed by atoms with E-state index >= 15 is 0 Å². The third kappa shape index (κ3) is 59.6. The van der Waals surface area contributed by atoms with Gasteiger partial charge >= 0.3 is 19.8 Å². The summed E-state index contributed by atoms with van der Waals surface area (Å²) in [5.41, 5.74) is 0. The van der Waals surface area contributed by atoms with Gasteiger partial charge in [-0.05, 0) is 44.9 Å². The zero-order valence-corrected chi connectivity index (χ0v) is 50.0. The van der Waals surface area contributed by atoms with Crippen LogP contribution in [0.1, 0.15) is 316 Å². The molecule has 0 amide bonds. The second-order valence-electron chi connectivity index (χ2n) is 22.8. The van der Waals surface area contributed by atoms with Crippen molar-refractivity contribution in [1.82, 2.24) is 0 Å². The molecular formula is C63H123NO8P+. The van der Waals surface area contributed by atoms with E-state index in [-0.39, 0.29) is 25.6 Å². The summed E-state index contributed by atoms with van der Waals surface area (Å²) in [4.78, 5) is 35.7. The van der Waals surface area contributed by atoms with Crippen molar-refractivity contribution < 1.29 is 42.1 Å². The van der Waals surface area contributed by atoms with E-state index in [1.54, 1.807) is 0 Å². The van der Waals surface area contributed by atoms with Gasteiger partial charge < -0.3 is 18.9 Å². The molecule has 0 rings (SSSR count). The Kier molecular flexibility index (Phi) is 54.1. The molecule has 9 nitrogen and oxygen atoms in total. The van der Waals surface area contributed by atoms with E-state index in [0.717, 1.165) is 51.4 Å². The summed E-state index contributed by atoms with van der Waals surface area (Å²) in [5.74, 6) is -0.790. The van der Waals surface area contributed by atoms with Crippen molar-refractivity contribution in [3.05, 3.63) is 24.3 Å². The van der Waals surface area contributed by atoms with Crippen molar-refractivity contribution >= 4 is 19.8 Å². The largest absolute Gasteiger partial charge is 0.472 e. The molecule has 1 N–H and O–H groups in total. The van der Waals surface area contributed by atoms with E-state index in [0.29, 0.717) is 23.9 Å². The summed E-state index contributed by atoms with van der Waals surface area (Å²) >= 11 is 0. The van der Waals surface area contributed by atoms with E-state index < -0.39 is 26.5 Å². The van der Waals surface area contributed by atoms with Crippen molar-refractivity contribution in [2.75, 3.05) is 47.5 Å². The SMILES string of the molecule is CCCCC/C=C\C/C=C\CCCCCCCCCC(=O)OC(COC(=O)CCCCCCCCCCCCCCCCCCCCCCCCCCCCCCCCCC)COP(=O)(O)OCC[N+](C)(C)C. The van der Waals surface area contributed by atoms with Crippen molar-refractivity contribution in [3.8, 4) is 0 Å². The number of phosphoric acid groups is 1. The van der Waals surface area contributed by atoms with Crippen LogP contribution in [0.2, 0.25) is 0 Å². The summed E-state index contributed by atoms with van der Waals surface area (Å²) in [7, 11) is 1.49. The van der Waals surface area contributed by atoms with Crippen molar-refractivity contribution in [2.45, 2.75) is 322 Å². The highest BCUT2D eigenvalue weighted by Gasteiger charge is 2.27. The number of esters is 2. The number of ether oxygens (including phenoxy) is 2. The third-order valence-corrected chi connectivity index (χ3v) is 15.2. The molecule has 0 heterocycles. The van der Waals surface area contributed by atoms with E-state index in [1.807, 2.05) is 21.1 Å². The van der Waals surface area contributed by atoms with E-state index in [4.69, 9.17) is 18.5 Å². The number of likely N-dealkylation sites (N-methyl/N-ethyl adjacent to an activating group) is 1. The van der Waals surface area contributed by atoms with Gasteiger partial charge in [-0.3, -0.25) is 18.6 Å². The van der Waals surface area contributed by atoms with Crippen molar-refractivity contribution in [1.29, 1.82) is 0 Å². The fourth-order valence-electron chi connectivity index (χ4n) is 9.34. The van der Waals surface area contributed by atoms with Crippen LogP contribution in [0.15, 0.2) is 24.3 Å². The average molecular weight is 1050 g/mol. The second kappa shape index (κ2) is 55.3. The van der Waals surface area contributed by atoms with Crippen LogP contribution < -0.4 is 0 Å². The predicted molar refractivity (Wildman–Crippen MR) is 312 cm³/mol. The topological polar surface area (TPSA) is 108 Å². The highest BCUT2D eigenvalue weighted by atomic mass is 31.2. The zero-order valence-electron chi connectivity index (χ0n) is 49.1. The van der Waals surface area contributed by atoms with Crippen molar-refractivity contribution in [3.63, 3.8) is 0 Å². The summed E-state index contributed by atoms with van der Waals surface area (Å²) in [6.07, 6.45) is 67.0. The molecule has 0 spiro atoms. The molecule has 0 aliphatic rings. The van der Waals surface area contributed by atoms with Crippen LogP contribution in [0.4, 0.5) is 0 Å². The van der Waals surface area contributed by atoms with E-state index in [2.05, 4.69) is 38.2 Å².